The van der Waals surface area contributed by atoms with Gasteiger partial charge in [0, 0.05) is 21.0 Å². The summed E-state index contributed by atoms with van der Waals surface area (Å²) in [5.41, 5.74) is 0. The van der Waals surface area contributed by atoms with E-state index in [1.807, 2.05) is 29.6 Å². The molecule has 0 spiro atoms. The molecule has 0 atom stereocenters. The zero-order chi connectivity index (χ0) is 19.9. The van der Waals surface area contributed by atoms with Gasteiger partial charge in [0.2, 0.25) is 0 Å². The summed E-state index contributed by atoms with van der Waals surface area (Å²) in [7, 11) is 0. The average molecular weight is 419 g/mol. The van der Waals surface area contributed by atoms with Gasteiger partial charge in [0.25, 0.3) is 5.91 Å². The van der Waals surface area contributed by atoms with Crippen LogP contribution < -0.4 is 10.6 Å². The molecule has 3 amide bonds. The van der Waals surface area contributed by atoms with Crippen molar-refractivity contribution in [3.05, 3.63) is 64.4 Å². The van der Waals surface area contributed by atoms with Crippen molar-refractivity contribution >= 4 is 57.0 Å². The van der Waals surface area contributed by atoms with Gasteiger partial charge < -0.3 is 14.5 Å². The first-order valence-electron chi connectivity index (χ1n) is 8.15. The van der Waals surface area contributed by atoms with Crippen LogP contribution in [0.5, 0.6) is 0 Å². The normalized spacial score (nSPS) is 10.9. The minimum absolute atomic E-state index is 0.130. The Balaban J connectivity index is 1.44. The third kappa shape index (κ3) is 5.21. The average Bonchev–Trinajstić information content (AvgIpc) is 3.31. The van der Waals surface area contributed by atoms with E-state index in [0.29, 0.717) is 15.7 Å². The van der Waals surface area contributed by atoms with Gasteiger partial charge in [0.1, 0.15) is 5.76 Å². The molecule has 0 aliphatic heterocycles. The molecule has 9 heteroatoms. The van der Waals surface area contributed by atoms with Crippen LogP contribution in [0, 0.1) is 0 Å². The molecule has 0 aliphatic carbocycles. The number of urea groups is 1. The predicted octanol–water partition coefficient (Wildman–Crippen LogP) is 3.73. The van der Waals surface area contributed by atoms with Crippen LogP contribution in [0.15, 0.2) is 53.2 Å². The van der Waals surface area contributed by atoms with Crippen LogP contribution in [0.4, 0.5) is 4.79 Å². The number of ether oxygens (including phenoxy) is 1. The lowest BCUT2D eigenvalue weighted by molar-refractivity contribution is -0.143. The quantitative estimate of drug-likeness (QED) is 0.469. The number of furan rings is 1. The summed E-state index contributed by atoms with van der Waals surface area (Å²) in [6.07, 6.45) is 4.18. The molecule has 0 unspecified atom stereocenters. The molecule has 144 valence electrons. The summed E-state index contributed by atoms with van der Waals surface area (Å²) in [5, 5.41) is 5.94. The number of thiophene rings is 1. The number of hydrogen-bond acceptors (Lipinski definition) is 6. The van der Waals surface area contributed by atoms with Gasteiger partial charge in [-0.3, -0.25) is 10.1 Å². The molecule has 0 aliphatic rings. The zero-order valence-corrected chi connectivity index (χ0v) is 16.0. The van der Waals surface area contributed by atoms with Crippen molar-refractivity contribution in [3.8, 4) is 0 Å². The highest BCUT2D eigenvalue weighted by atomic mass is 35.5. The molecular weight excluding hydrogens is 404 g/mol. The maximum Gasteiger partial charge on any atom is 0.331 e. The molecule has 1 aromatic carbocycles. The summed E-state index contributed by atoms with van der Waals surface area (Å²) in [6, 6.07) is 10.3. The van der Waals surface area contributed by atoms with Crippen LogP contribution in [-0.2, 0) is 20.9 Å². The standard InChI is InChI=1S/C19H15ClN2O5S/c20-18-13-5-1-2-6-14(13)28-15(18)7-8-17(24)27-11-16(23)22-19(25)21-10-12-4-3-9-26-12/h1-9H,10-11H2,(H2,21,22,23,25)/b8-7+. The molecule has 2 N–H and O–H groups in total. The highest BCUT2D eigenvalue weighted by molar-refractivity contribution is 7.20. The minimum Gasteiger partial charge on any atom is -0.467 e. The number of amides is 3. The van der Waals surface area contributed by atoms with Gasteiger partial charge in [0.15, 0.2) is 6.61 Å². The van der Waals surface area contributed by atoms with E-state index in [0.717, 1.165) is 10.1 Å². The first-order valence-corrected chi connectivity index (χ1v) is 9.34. The van der Waals surface area contributed by atoms with Crippen molar-refractivity contribution in [2.24, 2.45) is 0 Å². The number of carbonyl (C=O) groups excluding carboxylic acids is 3. The summed E-state index contributed by atoms with van der Waals surface area (Å²) in [4.78, 5) is 35.7. The van der Waals surface area contributed by atoms with Crippen LogP contribution in [-0.4, -0.2) is 24.5 Å². The molecule has 0 fully saturated rings. The first-order chi connectivity index (χ1) is 13.5. The molecule has 0 saturated carbocycles. The fourth-order valence-corrected chi connectivity index (χ4v) is 3.65. The van der Waals surface area contributed by atoms with Crippen molar-refractivity contribution < 1.29 is 23.5 Å². The topological polar surface area (TPSA) is 97.6 Å². The van der Waals surface area contributed by atoms with E-state index in [2.05, 4.69) is 5.32 Å². The first kappa shape index (κ1) is 19.7. The fourth-order valence-electron chi connectivity index (χ4n) is 2.26. The van der Waals surface area contributed by atoms with Crippen LogP contribution in [0.3, 0.4) is 0 Å². The number of esters is 1. The van der Waals surface area contributed by atoms with Crippen molar-refractivity contribution in [2.45, 2.75) is 6.54 Å². The molecule has 2 heterocycles. The van der Waals surface area contributed by atoms with Gasteiger partial charge in [-0.15, -0.1) is 11.3 Å². The lowest BCUT2D eigenvalue weighted by atomic mass is 10.2. The van der Waals surface area contributed by atoms with Gasteiger partial charge >= 0.3 is 12.0 Å². The molecule has 2 aromatic heterocycles. The third-order valence-corrected chi connectivity index (χ3v) is 5.19. The van der Waals surface area contributed by atoms with Crippen molar-refractivity contribution in [1.29, 1.82) is 0 Å². The van der Waals surface area contributed by atoms with E-state index in [1.54, 1.807) is 12.1 Å². The highest BCUT2D eigenvalue weighted by Gasteiger charge is 2.11. The molecule has 0 radical (unpaired) electrons. The third-order valence-electron chi connectivity index (χ3n) is 3.53. The number of rotatable bonds is 6. The SMILES string of the molecule is O=C(COC(=O)/C=C/c1sc2ccccc2c1Cl)NC(=O)NCc1ccco1. The lowest BCUT2D eigenvalue weighted by Gasteiger charge is -2.05. The van der Waals surface area contributed by atoms with E-state index >= 15 is 0 Å². The Hall–Kier alpha value is -3.10. The second-order valence-corrected chi connectivity index (χ2v) is 6.99. The molecule has 0 bridgehead atoms. The van der Waals surface area contributed by atoms with Crippen LogP contribution in [0.2, 0.25) is 5.02 Å². The molecule has 0 saturated heterocycles. The fraction of sp³-hybridized carbons (Fsp3) is 0.105. The second kappa shape index (κ2) is 9.20. The minimum atomic E-state index is -0.751. The molecule has 3 rings (SSSR count). The zero-order valence-electron chi connectivity index (χ0n) is 14.4. The number of hydrogen-bond donors (Lipinski definition) is 2. The van der Waals surface area contributed by atoms with E-state index in [4.69, 9.17) is 20.8 Å². The van der Waals surface area contributed by atoms with Crippen molar-refractivity contribution in [2.75, 3.05) is 6.61 Å². The Bertz CT molecular complexity index is 1030. The lowest BCUT2D eigenvalue weighted by Crippen LogP contribution is -2.41. The van der Waals surface area contributed by atoms with Crippen molar-refractivity contribution in [3.63, 3.8) is 0 Å². The number of imide groups is 1. The Kier molecular flexibility index (Phi) is 6.46. The number of carbonyl (C=O) groups is 3. The smallest absolute Gasteiger partial charge is 0.331 e. The molecular formula is C19H15ClN2O5S. The Labute approximate surface area is 168 Å². The molecule has 28 heavy (non-hydrogen) atoms. The monoisotopic (exact) mass is 418 g/mol. The number of fused-ring (bicyclic) bond motifs is 1. The van der Waals surface area contributed by atoms with Crippen LogP contribution >= 0.6 is 22.9 Å². The van der Waals surface area contributed by atoms with Gasteiger partial charge in [-0.2, -0.15) is 0 Å². The van der Waals surface area contributed by atoms with E-state index in [-0.39, 0.29) is 6.54 Å². The van der Waals surface area contributed by atoms with E-state index in [9.17, 15) is 14.4 Å². The second-order valence-electron chi connectivity index (χ2n) is 5.53. The summed E-state index contributed by atoms with van der Waals surface area (Å²) in [6.45, 7) is -0.456. The number of halogens is 1. The van der Waals surface area contributed by atoms with E-state index in [1.165, 1.54) is 29.8 Å². The van der Waals surface area contributed by atoms with E-state index < -0.39 is 24.5 Å². The van der Waals surface area contributed by atoms with Gasteiger partial charge in [0.05, 0.1) is 17.8 Å². The van der Waals surface area contributed by atoms with Gasteiger partial charge in [-0.25, -0.2) is 9.59 Å². The Morgan fingerprint density at radius 1 is 1.18 bits per heavy atom. The largest absolute Gasteiger partial charge is 0.467 e. The maximum absolute atomic E-state index is 11.8. The van der Waals surface area contributed by atoms with Gasteiger partial charge in [-0.05, 0) is 24.3 Å². The number of benzene rings is 1. The predicted molar refractivity (Wildman–Crippen MR) is 106 cm³/mol. The Morgan fingerprint density at radius 2 is 2.00 bits per heavy atom. The highest BCUT2D eigenvalue weighted by Crippen LogP contribution is 2.35. The summed E-state index contributed by atoms with van der Waals surface area (Å²) >= 11 is 7.72. The molecule has 3 aromatic rings. The molecule has 7 nitrogen and oxygen atoms in total. The van der Waals surface area contributed by atoms with Crippen LogP contribution in [0.1, 0.15) is 10.6 Å². The Morgan fingerprint density at radius 3 is 2.75 bits per heavy atom. The maximum atomic E-state index is 11.8. The summed E-state index contributed by atoms with van der Waals surface area (Å²) in [5.74, 6) is -0.933. The van der Waals surface area contributed by atoms with Crippen molar-refractivity contribution in [1.82, 2.24) is 10.6 Å². The summed E-state index contributed by atoms with van der Waals surface area (Å²) < 4.78 is 10.9. The van der Waals surface area contributed by atoms with Gasteiger partial charge in [-0.1, -0.05) is 29.8 Å². The number of nitrogens with one attached hydrogen (secondary N) is 2. The van der Waals surface area contributed by atoms with Crippen LogP contribution in [0.25, 0.3) is 16.2 Å².